The van der Waals surface area contributed by atoms with E-state index in [2.05, 4.69) is 15.2 Å². The van der Waals surface area contributed by atoms with Crippen LogP contribution >= 0.6 is 11.3 Å². The summed E-state index contributed by atoms with van der Waals surface area (Å²) in [5.41, 5.74) is 0.886. The molecule has 0 saturated heterocycles. The Balaban J connectivity index is 2.21. The second-order valence-electron chi connectivity index (χ2n) is 3.60. The SMILES string of the molecule is CCOC(=O)Cc1csc(=Nc2ccn[nH]2)n1C. The van der Waals surface area contributed by atoms with Gasteiger partial charge in [0.2, 0.25) is 0 Å². The van der Waals surface area contributed by atoms with Gasteiger partial charge in [-0.05, 0) is 6.92 Å². The van der Waals surface area contributed by atoms with Crippen molar-refractivity contribution in [1.29, 1.82) is 0 Å². The lowest BCUT2D eigenvalue weighted by Gasteiger charge is -2.02. The zero-order valence-corrected chi connectivity index (χ0v) is 11.0. The van der Waals surface area contributed by atoms with E-state index in [-0.39, 0.29) is 12.4 Å². The van der Waals surface area contributed by atoms with Crippen molar-refractivity contribution in [3.63, 3.8) is 0 Å². The molecule has 0 amide bonds. The summed E-state index contributed by atoms with van der Waals surface area (Å²) < 4.78 is 6.80. The summed E-state index contributed by atoms with van der Waals surface area (Å²) in [4.78, 5) is 16.6. The number of rotatable bonds is 4. The third-order valence-corrected chi connectivity index (χ3v) is 3.32. The van der Waals surface area contributed by atoms with Crippen molar-refractivity contribution in [2.24, 2.45) is 12.0 Å². The Bertz CT molecular complexity index is 582. The van der Waals surface area contributed by atoms with Crippen molar-refractivity contribution in [3.8, 4) is 0 Å². The molecule has 0 aliphatic carbocycles. The summed E-state index contributed by atoms with van der Waals surface area (Å²) in [5, 5.41) is 8.51. The van der Waals surface area contributed by atoms with Crippen LogP contribution in [0.4, 0.5) is 5.82 Å². The standard InChI is InChI=1S/C11H14N4O2S/c1-3-17-10(16)6-8-7-18-11(15(8)2)13-9-4-5-12-14-9/h4-5,7H,3,6H2,1-2H3,(H,12,14). The van der Waals surface area contributed by atoms with Crippen molar-refractivity contribution >= 4 is 23.1 Å². The monoisotopic (exact) mass is 266 g/mol. The Labute approximate surface area is 108 Å². The summed E-state index contributed by atoms with van der Waals surface area (Å²) >= 11 is 1.48. The predicted octanol–water partition coefficient (Wildman–Crippen LogP) is 1.15. The van der Waals surface area contributed by atoms with Gasteiger partial charge in [-0.2, -0.15) is 5.10 Å². The van der Waals surface area contributed by atoms with Crippen LogP contribution in [0, 0.1) is 0 Å². The molecule has 0 radical (unpaired) electrons. The number of nitrogens with one attached hydrogen (secondary N) is 1. The Hall–Kier alpha value is -1.89. The smallest absolute Gasteiger partial charge is 0.311 e. The molecular formula is C11H14N4O2S. The Morgan fingerprint density at radius 1 is 1.67 bits per heavy atom. The molecule has 0 bridgehead atoms. The van der Waals surface area contributed by atoms with Crippen molar-refractivity contribution < 1.29 is 9.53 Å². The van der Waals surface area contributed by atoms with E-state index in [1.54, 1.807) is 19.2 Å². The van der Waals surface area contributed by atoms with Gasteiger partial charge in [-0.15, -0.1) is 11.3 Å². The average Bonchev–Trinajstić information content (AvgIpc) is 2.95. The van der Waals surface area contributed by atoms with E-state index in [0.29, 0.717) is 12.4 Å². The lowest BCUT2D eigenvalue weighted by atomic mass is 10.3. The first kappa shape index (κ1) is 12.6. The highest BCUT2D eigenvalue weighted by atomic mass is 32.1. The average molecular weight is 266 g/mol. The van der Waals surface area contributed by atoms with Gasteiger partial charge < -0.3 is 9.30 Å². The van der Waals surface area contributed by atoms with Crippen LogP contribution in [0.15, 0.2) is 22.6 Å². The third-order valence-electron chi connectivity index (χ3n) is 2.35. The summed E-state index contributed by atoms with van der Waals surface area (Å²) in [6, 6.07) is 1.78. The highest BCUT2D eigenvalue weighted by Crippen LogP contribution is 2.06. The van der Waals surface area contributed by atoms with Gasteiger partial charge in [-0.1, -0.05) is 0 Å². The minimum Gasteiger partial charge on any atom is -0.466 e. The Kier molecular flexibility index (Phi) is 3.93. The number of hydrogen-bond donors (Lipinski definition) is 1. The molecule has 6 nitrogen and oxygen atoms in total. The molecule has 2 aromatic rings. The molecule has 1 N–H and O–H groups in total. The molecule has 0 saturated carbocycles. The van der Waals surface area contributed by atoms with Crippen molar-refractivity contribution in [1.82, 2.24) is 14.8 Å². The Morgan fingerprint density at radius 2 is 2.50 bits per heavy atom. The summed E-state index contributed by atoms with van der Waals surface area (Å²) in [6.07, 6.45) is 1.91. The largest absolute Gasteiger partial charge is 0.466 e. The molecule has 2 aromatic heterocycles. The number of aromatic amines is 1. The van der Waals surface area contributed by atoms with Gasteiger partial charge in [0.1, 0.15) is 0 Å². The molecule has 18 heavy (non-hydrogen) atoms. The molecule has 2 rings (SSSR count). The molecule has 0 spiro atoms. The minimum absolute atomic E-state index is 0.223. The number of thiazole rings is 1. The van der Waals surface area contributed by atoms with Crippen LogP contribution in [-0.2, 0) is 23.0 Å². The van der Waals surface area contributed by atoms with E-state index in [0.717, 1.165) is 10.5 Å². The summed E-state index contributed by atoms with van der Waals surface area (Å²) in [6.45, 7) is 2.20. The molecule has 0 aromatic carbocycles. The maximum atomic E-state index is 11.4. The van der Waals surface area contributed by atoms with Gasteiger partial charge in [0.15, 0.2) is 10.6 Å². The zero-order valence-electron chi connectivity index (χ0n) is 10.2. The first-order chi connectivity index (χ1) is 8.70. The van der Waals surface area contributed by atoms with Gasteiger partial charge >= 0.3 is 5.97 Å². The minimum atomic E-state index is -0.223. The number of esters is 1. The van der Waals surface area contributed by atoms with Crippen molar-refractivity contribution in [2.75, 3.05) is 6.61 Å². The van der Waals surface area contributed by atoms with Crippen LogP contribution in [0.3, 0.4) is 0 Å². The number of carbonyl (C=O) groups excluding carboxylic acids is 1. The lowest BCUT2D eigenvalue weighted by molar-refractivity contribution is -0.142. The second-order valence-corrected chi connectivity index (χ2v) is 4.44. The van der Waals surface area contributed by atoms with Crippen LogP contribution in [-0.4, -0.2) is 27.3 Å². The number of nitrogens with zero attached hydrogens (tertiary/aromatic N) is 3. The van der Waals surface area contributed by atoms with Gasteiger partial charge in [0.25, 0.3) is 0 Å². The summed E-state index contributed by atoms with van der Waals surface area (Å²) in [7, 11) is 1.88. The van der Waals surface area contributed by atoms with Crippen LogP contribution in [0.25, 0.3) is 0 Å². The predicted molar refractivity (Wildman–Crippen MR) is 67.4 cm³/mol. The van der Waals surface area contributed by atoms with E-state index in [4.69, 9.17) is 4.74 Å². The van der Waals surface area contributed by atoms with Crippen LogP contribution in [0.5, 0.6) is 0 Å². The normalized spacial score (nSPS) is 11.8. The first-order valence-corrected chi connectivity index (χ1v) is 6.41. The number of H-pyrrole nitrogens is 1. The van der Waals surface area contributed by atoms with E-state index < -0.39 is 0 Å². The highest BCUT2D eigenvalue weighted by molar-refractivity contribution is 7.07. The Morgan fingerprint density at radius 3 is 3.17 bits per heavy atom. The van der Waals surface area contributed by atoms with Crippen LogP contribution < -0.4 is 4.80 Å². The molecule has 7 heteroatoms. The van der Waals surface area contributed by atoms with Crippen LogP contribution in [0.1, 0.15) is 12.6 Å². The maximum Gasteiger partial charge on any atom is 0.311 e. The zero-order chi connectivity index (χ0) is 13.0. The molecule has 0 unspecified atom stereocenters. The molecule has 96 valence electrons. The number of aromatic nitrogens is 3. The third kappa shape index (κ3) is 2.86. The number of hydrogen-bond acceptors (Lipinski definition) is 5. The molecule has 0 fully saturated rings. The van der Waals surface area contributed by atoms with E-state index in [1.165, 1.54) is 11.3 Å². The van der Waals surface area contributed by atoms with Crippen molar-refractivity contribution in [3.05, 3.63) is 28.1 Å². The molecular weight excluding hydrogens is 252 g/mol. The van der Waals surface area contributed by atoms with Crippen molar-refractivity contribution in [2.45, 2.75) is 13.3 Å². The summed E-state index contributed by atoms with van der Waals surface area (Å²) in [5.74, 6) is 0.467. The topological polar surface area (TPSA) is 72.3 Å². The fraction of sp³-hybridized carbons (Fsp3) is 0.364. The number of ether oxygens (including phenoxy) is 1. The number of carbonyl (C=O) groups is 1. The second kappa shape index (κ2) is 5.63. The maximum absolute atomic E-state index is 11.4. The molecule has 2 heterocycles. The van der Waals surface area contributed by atoms with E-state index >= 15 is 0 Å². The fourth-order valence-corrected chi connectivity index (χ4v) is 2.35. The fourth-order valence-electron chi connectivity index (χ4n) is 1.44. The molecule has 0 aliphatic rings. The highest BCUT2D eigenvalue weighted by Gasteiger charge is 2.08. The van der Waals surface area contributed by atoms with Gasteiger partial charge in [-0.3, -0.25) is 9.89 Å². The molecule has 0 aliphatic heterocycles. The first-order valence-electron chi connectivity index (χ1n) is 5.54. The van der Waals surface area contributed by atoms with Gasteiger partial charge in [-0.25, -0.2) is 4.99 Å². The molecule has 0 atom stereocenters. The van der Waals surface area contributed by atoms with Gasteiger partial charge in [0.05, 0.1) is 19.2 Å². The van der Waals surface area contributed by atoms with Gasteiger partial charge in [0, 0.05) is 24.2 Å². The van der Waals surface area contributed by atoms with Crippen LogP contribution in [0.2, 0.25) is 0 Å². The van der Waals surface area contributed by atoms with E-state index in [1.807, 2.05) is 17.0 Å². The van der Waals surface area contributed by atoms with E-state index in [9.17, 15) is 4.79 Å². The quantitative estimate of drug-likeness (QED) is 0.844. The lowest BCUT2D eigenvalue weighted by Crippen LogP contribution is -2.16.